The first-order valence-corrected chi connectivity index (χ1v) is 10.4. The smallest absolute Gasteiger partial charge is 0.242 e. The fourth-order valence-corrected chi connectivity index (χ4v) is 4.41. The molecule has 5 rings (SSSR count). The van der Waals surface area contributed by atoms with Crippen LogP contribution in [0, 0.1) is 6.92 Å². The molecule has 1 fully saturated rings. The van der Waals surface area contributed by atoms with Gasteiger partial charge < -0.3 is 10.6 Å². The van der Waals surface area contributed by atoms with Crippen molar-refractivity contribution in [3.05, 3.63) is 40.6 Å². The van der Waals surface area contributed by atoms with Crippen LogP contribution in [-0.2, 0) is 4.79 Å². The van der Waals surface area contributed by atoms with Crippen LogP contribution in [0.4, 0.5) is 5.95 Å². The molecule has 1 aromatic carbocycles. The minimum atomic E-state index is -0.324. The molecule has 7 nitrogen and oxygen atoms in total. The van der Waals surface area contributed by atoms with Crippen LogP contribution in [0.5, 0.6) is 0 Å². The van der Waals surface area contributed by atoms with E-state index in [9.17, 15) is 4.79 Å². The van der Waals surface area contributed by atoms with Crippen LogP contribution in [0.3, 0.4) is 0 Å². The molecule has 0 spiro atoms. The predicted octanol–water partition coefficient (Wildman–Crippen LogP) is 3.40. The lowest BCUT2D eigenvalue weighted by atomic mass is 10.1. The van der Waals surface area contributed by atoms with Crippen molar-refractivity contribution < 1.29 is 4.79 Å². The second-order valence-electron chi connectivity index (χ2n) is 7.08. The third kappa shape index (κ3) is 2.90. The van der Waals surface area contributed by atoms with E-state index in [1.165, 1.54) is 0 Å². The fourth-order valence-electron chi connectivity index (χ4n) is 3.59. The van der Waals surface area contributed by atoms with Crippen LogP contribution >= 0.6 is 11.3 Å². The number of para-hydroxylation sites is 1. The van der Waals surface area contributed by atoms with Crippen LogP contribution in [0.25, 0.3) is 27.9 Å². The highest BCUT2D eigenvalue weighted by atomic mass is 32.1. The Kier molecular flexibility index (Phi) is 4.20. The monoisotopic (exact) mass is 392 g/mol. The SMILES string of the molecule is Cc1cscc1-c1nc2c3ccccc3nc(N[C@H]3CCCCNC3=O)n2n1. The van der Waals surface area contributed by atoms with Gasteiger partial charge in [0.15, 0.2) is 11.5 Å². The van der Waals surface area contributed by atoms with E-state index in [1.807, 2.05) is 24.3 Å². The molecule has 0 saturated carbocycles. The lowest BCUT2D eigenvalue weighted by Gasteiger charge is -2.16. The number of hydrogen-bond donors (Lipinski definition) is 2. The number of thiophene rings is 1. The van der Waals surface area contributed by atoms with Crippen LogP contribution < -0.4 is 10.6 Å². The number of hydrogen-bond acceptors (Lipinski definition) is 6. The van der Waals surface area contributed by atoms with E-state index in [2.05, 4.69) is 28.3 Å². The Hall–Kier alpha value is -3.00. The van der Waals surface area contributed by atoms with Gasteiger partial charge in [-0.05, 0) is 49.3 Å². The molecular weight excluding hydrogens is 372 g/mol. The molecule has 1 aliphatic heterocycles. The molecule has 142 valence electrons. The molecule has 28 heavy (non-hydrogen) atoms. The summed E-state index contributed by atoms with van der Waals surface area (Å²) in [5.41, 5.74) is 3.74. The zero-order valence-corrected chi connectivity index (χ0v) is 16.3. The van der Waals surface area contributed by atoms with Crippen LogP contribution in [0.2, 0.25) is 0 Å². The summed E-state index contributed by atoms with van der Waals surface area (Å²) in [5.74, 6) is 1.22. The zero-order chi connectivity index (χ0) is 19.1. The summed E-state index contributed by atoms with van der Waals surface area (Å²) >= 11 is 1.64. The number of aromatic nitrogens is 4. The Labute approximate surface area is 165 Å². The van der Waals surface area contributed by atoms with Crippen molar-refractivity contribution >= 4 is 39.7 Å². The van der Waals surface area contributed by atoms with E-state index >= 15 is 0 Å². The number of anilines is 1. The number of nitrogens with one attached hydrogen (secondary N) is 2. The average Bonchev–Trinajstić information content (AvgIpc) is 3.27. The Morgan fingerprint density at radius 2 is 2.11 bits per heavy atom. The summed E-state index contributed by atoms with van der Waals surface area (Å²) in [6, 6.07) is 7.56. The summed E-state index contributed by atoms with van der Waals surface area (Å²) < 4.78 is 1.73. The number of aryl methyl sites for hydroxylation is 1. The van der Waals surface area contributed by atoms with Gasteiger partial charge in [0, 0.05) is 22.9 Å². The van der Waals surface area contributed by atoms with Gasteiger partial charge in [0.2, 0.25) is 11.9 Å². The van der Waals surface area contributed by atoms with Gasteiger partial charge in [-0.15, -0.1) is 5.10 Å². The van der Waals surface area contributed by atoms with Crippen molar-refractivity contribution in [1.29, 1.82) is 0 Å². The molecule has 1 aliphatic rings. The van der Waals surface area contributed by atoms with Gasteiger partial charge in [-0.25, -0.2) is 9.97 Å². The Morgan fingerprint density at radius 3 is 2.96 bits per heavy atom. The van der Waals surface area contributed by atoms with E-state index in [4.69, 9.17) is 15.1 Å². The van der Waals surface area contributed by atoms with Crippen molar-refractivity contribution in [3.8, 4) is 11.4 Å². The summed E-state index contributed by atoms with van der Waals surface area (Å²) in [6.07, 6.45) is 2.76. The Balaban J connectivity index is 1.67. The van der Waals surface area contributed by atoms with E-state index < -0.39 is 0 Å². The maximum atomic E-state index is 12.4. The van der Waals surface area contributed by atoms with Crippen LogP contribution in [0.15, 0.2) is 35.0 Å². The van der Waals surface area contributed by atoms with Crippen molar-refractivity contribution in [2.24, 2.45) is 0 Å². The van der Waals surface area contributed by atoms with Gasteiger partial charge in [-0.3, -0.25) is 4.79 Å². The number of carbonyl (C=O) groups is 1. The summed E-state index contributed by atoms with van der Waals surface area (Å²) in [4.78, 5) is 22.0. The number of benzene rings is 1. The van der Waals surface area contributed by atoms with Crippen molar-refractivity contribution in [2.45, 2.75) is 32.2 Å². The van der Waals surface area contributed by atoms with Gasteiger partial charge in [-0.2, -0.15) is 15.9 Å². The second kappa shape index (κ2) is 6.87. The number of carbonyl (C=O) groups excluding carboxylic acids is 1. The summed E-state index contributed by atoms with van der Waals surface area (Å²) in [7, 11) is 0. The molecule has 0 unspecified atom stereocenters. The largest absolute Gasteiger partial charge is 0.354 e. The quantitative estimate of drug-likeness (QED) is 0.558. The van der Waals surface area contributed by atoms with E-state index in [0.29, 0.717) is 11.8 Å². The maximum absolute atomic E-state index is 12.4. The highest BCUT2D eigenvalue weighted by Crippen LogP contribution is 2.28. The van der Waals surface area contributed by atoms with Gasteiger partial charge >= 0.3 is 0 Å². The average molecular weight is 392 g/mol. The maximum Gasteiger partial charge on any atom is 0.242 e. The number of rotatable bonds is 3. The summed E-state index contributed by atoms with van der Waals surface area (Å²) in [5, 5.41) is 16.1. The summed E-state index contributed by atoms with van der Waals surface area (Å²) in [6.45, 7) is 2.78. The Bertz CT molecular complexity index is 1180. The molecule has 0 radical (unpaired) electrons. The molecule has 3 aromatic heterocycles. The third-order valence-electron chi connectivity index (χ3n) is 5.11. The van der Waals surface area contributed by atoms with Gasteiger partial charge in [0.25, 0.3) is 0 Å². The second-order valence-corrected chi connectivity index (χ2v) is 7.82. The zero-order valence-electron chi connectivity index (χ0n) is 15.5. The minimum Gasteiger partial charge on any atom is -0.354 e. The standard InChI is InChI=1S/C20H20N6OS/c1-12-10-28-11-14(12)17-24-18-13-6-2-3-7-15(13)22-20(26(18)25-17)23-16-8-4-5-9-21-19(16)27/h2-3,6-7,10-11,16H,4-5,8-9H2,1H3,(H,21,27)(H,22,23)/t16-/m0/s1. The van der Waals surface area contributed by atoms with Crippen molar-refractivity contribution in [2.75, 3.05) is 11.9 Å². The normalized spacial score (nSPS) is 17.6. The Morgan fingerprint density at radius 1 is 1.21 bits per heavy atom. The molecule has 8 heteroatoms. The third-order valence-corrected chi connectivity index (χ3v) is 5.98. The van der Waals surface area contributed by atoms with Crippen LogP contribution in [-0.4, -0.2) is 38.1 Å². The first kappa shape index (κ1) is 17.1. The van der Waals surface area contributed by atoms with Gasteiger partial charge in [-0.1, -0.05) is 12.1 Å². The minimum absolute atomic E-state index is 0.00891. The molecule has 4 heterocycles. The lowest BCUT2D eigenvalue weighted by molar-refractivity contribution is -0.121. The highest BCUT2D eigenvalue weighted by molar-refractivity contribution is 7.08. The van der Waals surface area contributed by atoms with E-state index in [1.54, 1.807) is 15.9 Å². The first-order valence-electron chi connectivity index (χ1n) is 9.43. The fraction of sp³-hybridized carbons (Fsp3) is 0.300. The lowest BCUT2D eigenvalue weighted by Crippen LogP contribution is -2.38. The first-order chi connectivity index (χ1) is 13.7. The number of fused-ring (bicyclic) bond motifs is 3. The highest BCUT2D eigenvalue weighted by Gasteiger charge is 2.23. The van der Waals surface area contributed by atoms with Gasteiger partial charge in [0.1, 0.15) is 6.04 Å². The predicted molar refractivity (Wildman–Crippen MR) is 111 cm³/mol. The van der Waals surface area contributed by atoms with E-state index in [-0.39, 0.29) is 11.9 Å². The number of amides is 1. The molecular formula is C20H20N6OS. The van der Waals surface area contributed by atoms with Crippen molar-refractivity contribution in [3.63, 3.8) is 0 Å². The molecule has 1 saturated heterocycles. The number of nitrogens with zero attached hydrogens (tertiary/aromatic N) is 4. The van der Waals surface area contributed by atoms with Crippen molar-refractivity contribution in [1.82, 2.24) is 24.9 Å². The van der Waals surface area contributed by atoms with Gasteiger partial charge in [0.05, 0.1) is 5.52 Å². The molecule has 0 aliphatic carbocycles. The molecule has 2 N–H and O–H groups in total. The van der Waals surface area contributed by atoms with E-state index in [0.717, 1.165) is 53.5 Å². The molecule has 1 amide bonds. The van der Waals surface area contributed by atoms with Crippen LogP contribution in [0.1, 0.15) is 24.8 Å². The topological polar surface area (TPSA) is 84.2 Å². The molecule has 4 aromatic rings. The molecule has 0 bridgehead atoms. The molecule has 1 atom stereocenters.